The van der Waals surface area contributed by atoms with Crippen molar-refractivity contribution < 1.29 is 9.59 Å². The van der Waals surface area contributed by atoms with Crippen LogP contribution in [0.1, 0.15) is 40.3 Å². The first-order valence-corrected chi connectivity index (χ1v) is 10.8. The second kappa shape index (κ2) is 9.28. The van der Waals surface area contributed by atoms with E-state index in [0.717, 1.165) is 0 Å². The molecule has 0 aliphatic rings. The maximum Gasteiger partial charge on any atom is 0.274 e. The minimum absolute atomic E-state index is 0.118. The van der Waals surface area contributed by atoms with Gasteiger partial charge in [0.25, 0.3) is 11.8 Å². The molecule has 1 aromatic carbocycles. The van der Waals surface area contributed by atoms with E-state index >= 15 is 0 Å². The van der Waals surface area contributed by atoms with E-state index in [9.17, 15) is 14.9 Å². The smallest absolute Gasteiger partial charge is 0.274 e. The molecule has 3 aromatic rings. The number of rotatable bonds is 5. The van der Waals surface area contributed by atoms with Crippen molar-refractivity contribution in [1.29, 1.82) is 5.26 Å². The quantitative estimate of drug-likeness (QED) is 0.481. The van der Waals surface area contributed by atoms with Crippen LogP contribution in [0.3, 0.4) is 0 Å². The number of nitrogens with zero attached hydrogens (tertiary/aromatic N) is 4. The first-order chi connectivity index (χ1) is 15.0. The molecule has 2 amide bonds. The van der Waals surface area contributed by atoms with Gasteiger partial charge in [0.1, 0.15) is 15.8 Å². The summed E-state index contributed by atoms with van der Waals surface area (Å²) < 4.78 is 1.69. The second-order valence-electron chi connectivity index (χ2n) is 7.36. The van der Waals surface area contributed by atoms with Crippen molar-refractivity contribution in [2.45, 2.75) is 26.3 Å². The largest absolute Gasteiger partial charge is 0.334 e. The van der Waals surface area contributed by atoms with Crippen LogP contribution in [0, 0.1) is 18.3 Å². The number of hydrogen-bond donors (Lipinski definition) is 2. The molecule has 2 heterocycles. The van der Waals surface area contributed by atoms with E-state index in [1.165, 1.54) is 23.0 Å². The third-order valence-corrected chi connectivity index (χ3v) is 5.24. The highest BCUT2D eigenvalue weighted by Crippen LogP contribution is 2.28. The topological polar surface area (TPSA) is 113 Å². The van der Waals surface area contributed by atoms with Gasteiger partial charge in [-0.1, -0.05) is 23.2 Å². The molecule has 2 N–H and O–H groups in total. The lowest BCUT2D eigenvalue weighted by molar-refractivity contribution is 0.0930. The Bertz CT molecular complexity index is 1270. The third-order valence-electron chi connectivity index (χ3n) is 4.34. The van der Waals surface area contributed by atoms with Crippen LogP contribution >= 0.6 is 39.1 Å². The molecule has 8 nitrogen and oxygen atoms in total. The van der Waals surface area contributed by atoms with Gasteiger partial charge in [-0.2, -0.15) is 10.4 Å². The van der Waals surface area contributed by atoms with E-state index in [1.54, 1.807) is 39.0 Å². The lowest BCUT2D eigenvalue weighted by atomic mass is 10.0. The summed E-state index contributed by atoms with van der Waals surface area (Å²) in [6.45, 7) is 4.83. The molecule has 0 bridgehead atoms. The van der Waals surface area contributed by atoms with Crippen molar-refractivity contribution in [2.24, 2.45) is 0 Å². The molecule has 0 saturated carbocycles. The molecular weight excluding hydrogens is 519 g/mol. The average Bonchev–Trinajstić information content (AvgIpc) is 3.11. The number of carbonyl (C=O) groups excluding carboxylic acids is 2. The Kier molecular flexibility index (Phi) is 6.88. The molecule has 3 rings (SSSR count). The van der Waals surface area contributed by atoms with E-state index < -0.39 is 17.4 Å². The van der Waals surface area contributed by atoms with Gasteiger partial charge in [0, 0.05) is 17.3 Å². The normalized spacial score (nSPS) is 11.0. The van der Waals surface area contributed by atoms with Crippen molar-refractivity contribution in [3.05, 3.63) is 68.0 Å². The number of nitriles is 1. The number of carbonyl (C=O) groups is 2. The van der Waals surface area contributed by atoms with E-state index in [4.69, 9.17) is 23.2 Å². The van der Waals surface area contributed by atoms with Gasteiger partial charge in [0.15, 0.2) is 5.82 Å². The fraction of sp³-hybridized carbons (Fsp3) is 0.190. The Hall–Kier alpha value is -2.93. The maximum atomic E-state index is 13.2. The SMILES string of the molecule is Cc1cc(Cl)cc(C(=O)NC(C)(C)C#N)c1NC(=O)c1cc(Br)nn1-c1ncccc1Cl. The first-order valence-electron chi connectivity index (χ1n) is 9.24. The van der Waals surface area contributed by atoms with Crippen molar-refractivity contribution in [1.82, 2.24) is 20.1 Å². The highest BCUT2D eigenvalue weighted by molar-refractivity contribution is 9.10. The van der Waals surface area contributed by atoms with Crippen molar-refractivity contribution in [2.75, 3.05) is 5.32 Å². The highest BCUT2D eigenvalue weighted by Gasteiger charge is 2.25. The van der Waals surface area contributed by atoms with Crippen molar-refractivity contribution in [3.63, 3.8) is 0 Å². The molecule has 0 saturated heterocycles. The van der Waals surface area contributed by atoms with Gasteiger partial charge in [-0.25, -0.2) is 9.67 Å². The Balaban J connectivity index is 2.02. The lowest BCUT2D eigenvalue weighted by Gasteiger charge is -2.20. The first kappa shape index (κ1) is 23.7. The van der Waals surface area contributed by atoms with Gasteiger partial charge < -0.3 is 10.6 Å². The summed E-state index contributed by atoms with van der Waals surface area (Å²) in [7, 11) is 0. The van der Waals surface area contributed by atoms with Gasteiger partial charge >= 0.3 is 0 Å². The Morgan fingerprint density at radius 1 is 1.22 bits per heavy atom. The minimum Gasteiger partial charge on any atom is -0.334 e. The lowest BCUT2D eigenvalue weighted by Crippen LogP contribution is -2.42. The van der Waals surface area contributed by atoms with Crippen LogP contribution in [0.4, 0.5) is 5.69 Å². The van der Waals surface area contributed by atoms with Crippen LogP contribution in [0.15, 0.2) is 41.1 Å². The Labute approximate surface area is 202 Å². The number of pyridine rings is 1. The van der Waals surface area contributed by atoms with E-state index in [-0.39, 0.29) is 22.8 Å². The van der Waals surface area contributed by atoms with E-state index in [0.29, 0.717) is 20.2 Å². The zero-order chi connectivity index (χ0) is 23.6. The van der Waals surface area contributed by atoms with Gasteiger partial charge in [0.05, 0.1) is 22.3 Å². The number of hydrogen-bond acceptors (Lipinski definition) is 5. The number of anilines is 1. The molecule has 0 atom stereocenters. The minimum atomic E-state index is -1.12. The molecular formula is C21H17BrCl2N6O2. The van der Waals surface area contributed by atoms with E-state index in [1.807, 2.05) is 6.07 Å². The zero-order valence-electron chi connectivity index (χ0n) is 17.2. The molecule has 11 heteroatoms. The predicted molar refractivity (Wildman–Crippen MR) is 125 cm³/mol. The van der Waals surface area contributed by atoms with E-state index in [2.05, 4.69) is 36.6 Å². The summed E-state index contributed by atoms with van der Waals surface area (Å²) in [5.74, 6) is -0.838. The van der Waals surface area contributed by atoms with Crippen LogP contribution in [0.2, 0.25) is 10.0 Å². The zero-order valence-corrected chi connectivity index (χ0v) is 20.3. The Morgan fingerprint density at radius 3 is 2.59 bits per heavy atom. The van der Waals surface area contributed by atoms with Crippen molar-refractivity contribution in [3.8, 4) is 11.9 Å². The summed E-state index contributed by atoms with van der Waals surface area (Å²) in [6.07, 6.45) is 1.53. The maximum absolute atomic E-state index is 13.2. The number of nitrogens with one attached hydrogen (secondary N) is 2. The summed E-state index contributed by atoms with van der Waals surface area (Å²) in [6, 6.07) is 9.84. The number of benzene rings is 1. The molecule has 0 fully saturated rings. The van der Waals surface area contributed by atoms with Crippen LogP contribution in [-0.2, 0) is 0 Å². The fourth-order valence-corrected chi connectivity index (χ4v) is 3.70. The molecule has 2 aromatic heterocycles. The van der Waals surface area contributed by atoms with Gasteiger partial charge in [-0.15, -0.1) is 0 Å². The summed E-state index contributed by atoms with van der Waals surface area (Å²) in [5, 5.41) is 19.5. The second-order valence-corrected chi connectivity index (χ2v) is 9.02. The number of halogens is 3. The molecule has 0 unspecified atom stereocenters. The highest BCUT2D eigenvalue weighted by atomic mass is 79.9. The average molecular weight is 536 g/mol. The molecule has 0 aliphatic heterocycles. The van der Waals surface area contributed by atoms with Crippen LogP contribution in [0.5, 0.6) is 0 Å². The van der Waals surface area contributed by atoms with Crippen molar-refractivity contribution >= 4 is 56.6 Å². The number of amides is 2. The Morgan fingerprint density at radius 2 is 1.94 bits per heavy atom. The van der Waals surface area contributed by atoms with Crippen LogP contribution in [-0.4, -0.2) is 32.1 Å². The molecule has 164 valence electrons. The van der Waals surface area contributed by atoms with Gasteiger partial charge in [-0.3, -0.25) is 9.59 Å². The van der Waals surface area contributed by atoms with Gasteiger partial charge in [0.2, 0.25) is 0 Å². The standard InChI is InChI=1S/C21H17BrCl2N6O2/c1-11-7-12(23)8-13(19(31)28-21(2,3)10-25)17(11)27-20(32)15-9-16(22)29-30(15)18-14(24)5-4-6-26-18/h4-9H,1-3H3,(H,27,32)(H,28,31). The molecule has 0 spiro atoms. The molecule has 32 heavy (non-hydrogen) atoms. The number of aromatic nitrogens is 3. The van der Waals surface area contributed by atoms with Crippen LogP contribution in [0.25, 0.3) is 5.82 Å². The summed E-state index contributed by atoms with van der Waals surface area (Å²) >= 11 is 15.6. The molecule has 0 aliphatic carbocycles. The summed E-state index contributed by atoms with van der Waals surface area (Å²) in [4.78, 5) is 30.3. The predicted octanol–water partition coefficient (Wildman–Crippen LogP) is 4.93. The monoisotopic (exact) mass is 534 g/mol. The van der Waals surface area contributed by atoms with Gasteiger partial charge in [-0.05, 0) is 66.5 Å². The number of aryl methyl sites for hydroxylation is 1. The third kappa shape index (κ3) is 5.10. The summed E-state index contributed by atoms with van der Waals surface area (Å²) in [5.41, 5.74) is -0.0510. The van der Waals surface area contributed by atoms with Crippen LogP contribution < -0.4 is 10.6 Å². The fourth-order valence-electron chi connectivity index (χ4n) is 2.85. The molecule has 0 radical (unpaired) electrons.